The molecule has 1 aliphatic carbocycles. The molecule has 0 bridgehead atoms. The Morgan fingerprint density at radius 3 is 2.46 bits per heavy atom. The number of piperidine rings is 1. The fraction of sp³-hybridized carbons (Fsp3) is 0.324. The van der Waals surface area contributed by atoms with E-state index in [0.717, 1.165) is 53.3 Å². The second-order valence-corrected chi connectivity index (χ2v) is 11.7. The van der Waals surface area contributed by atoms with Crippen LogP contribution in [0.15, 0.2) is 90.0 Å². The van der Waals surface area contributed by atoms with E-state index in [1.165, 1.54) is 43.5 Å². The molecule has 0 saturated carbocycles. The highest BCUT2D eigenvalue weighted by Gasteiger charge is 2.37. The van der Waals surface area contributed by atoms with E-state index in [1.807, 2.05) is 25.1 Å². The van der Waals surface area contributed by atoms with Crippen molar-refractivity contribution in [2.75, 3.05) is 25.0 Å². The first kappa shape index (κ1) is 27.7. The van der Waals surface area contributed by atoms with Crippen LogP contribution in [-0.4, -0.2) is 30.4 Å². The summed E-state index contributed by atoms with van der Waals surface area (Å²) >= 11 is 12.7. The quantitative estimate of drug-likeness (QED) is 0.231. The van der Waals surface area contributed by atoms with Crippen LogP contribution in [0.25, 0.3) is 5.70 Å². The molecule has 3 nitrogen and oxygen atoms in total. The molecule has 1 saturated heterocycles. The molecule has 5 rings (SSSR count). The predicted octanol–water partition coefficient (Wildman–Crippen LogP) is 9.16. The average Bonchev–Trinajstić information content (AvgIpc) is 2.96. The SMILES string of the molecule is C=CC1=C(N=C(C)Nc2ccc(CCN3CCCCC3)cc2)c2ccccc2C(C)(c2ccc(Cl)c(Cl)c2)C1. The van der Waals surface area contributed by atoms with E-state index in [4.69, 9.17) is 28.2 Å². The van der Waals surface area contributed by atoms with Crippen molar-refractivity contribution in [1.29, 1.82) is 0 Å². The third-order valence-electron chi connectivity index (χ3n) is 8.15. The lowest BCUT2D eigenvalue weighted by Crippen LogP contribution is -2.31. The molecular formula is C34H37Cl2N3. The Hall–Kier alpha value is -2.85. The van der Waals surface area contributed by atoms with Gasteiger partial charge in [0.05, 0.1) is 15.7 Å². The Balaban J connectivity index is 1.37. The normalized spacial score (nSPS) is 20.1. The maximum Gasteiger partial charge on any atom is 0.103 e. The van der Waals surface area contributed by atoms with Gasteiger partial charge in [-0.1, -0.05) is 91.7 Å². The summed E-state index contributed by atoms with van der Waals surface area (Å²) in [4.78, 5) is 7.68. The number of likely N-dealkylation sites (tertiary alicyclic amines) is 1. The zero-order valence-electron chi connectivity index (χ0n) is 22.9. The van der Waals surface area contributed by atoms with Gasteiger partial charge in [0.1, 0.15) is 5.84 Å². The van der Waals surface area contributed by atoms with Gasteiger partial charge in [0.25, 0.3) is 0 Å². The molecule has 5 heteroatoms. The first-order valence-electron chi connectivity index (χ1n) is 13.9. The molecule has 1 N–H and O–H groups in total. The number of fused-ring (bicyclic) bond motifs is 1. The van der Waals surface area contributed by atoms with Crippen molar-refractivity contribution >= 4 is 40.4 Å². The highest BCUT2D eigenvalue weighted by atomic mass is 35.5. The summed E-state index contributed by atoms with van der Waals surface area (Å²) in [5, 5.41) is 4.63. The summed E-state index contributed by atoms with van der Waals surface area (Å²) in [5.74, 6) is 0.846. The zero-order chi connectivity index (χ0) is 27.4. The molecule has 0 amide bonds. The third-order valence-corrected chi connectivity index (χ3v) is 8.89. The number of hydrogen-bond donors (Lipinski definition) is 1. The van der Waals surface area contributed by atoms with Crippen LogP contribution >= 0.6 is 23.2 Å². The standard InChI is InChI=1S/C34H37Cl2N3/c1-4-26-23-34(3,27-14-17-31(35)32(36)22-27)30-11-7-6-10-29(30)33(26)38-24(2)37-28-15-12-25(13-16-28)18-21-39-19-8-5-9-20-39/h4,6-7,10-17,22H,1,5,8-9,18-21,23H2,2-3H3,(H,37,38). The summed E-state index contributed by atoms with van der Waals surface area (Å²) in [7, 11) is 0. The van der Waals surface area contributed by atoms with Crippen LogP contribution in [-0.2, 0) is 11.8 Å². The minimum absolute atomic E-state index is 0.279. The third kappa shape index (κ3) is 6.17. The molecule has 1 aliphatic heterocycles. The molecule has 1 fully saturated rings. The van der Waals surface area contributed by atoms with Gasteiger partial charge in [-0.05, 0) is 92.2 Å². The van der Waals surface area contributed by atoms with Gasteiger partial charge in [0.15, 0.2) is 0 Å². The smallest absolute Gasteiger partial charge is 0.103 e. The van der Waals surface area contributed by atoms with Crippen molar-refractivity contribution in [2.24, 2.45) is 4.99 Å². The minimum atomic E-state index is -0.279. The van der Waals surface area contributed by atoms with Gasteiger partial charge >= 0.3 is 0 Å². The minimum Gasteiger partial charge on any atom is -0.344 e. The molecule has 39 heavy (non-hydrogen) atoms. The van der Waals surface area contributed by atoms with Crippen LogP contribution in [0.3, 0.4) is 0 Å². The Kier molecular flexibility index (Phi) is 8.61. The van der Waals surface area contributed by atoms with Crippen molar-refractivity contribution in [1.82, 2.24) is 4.90 Å². The van der Waals surface area contributed by atoms with Crippen molar-refractivity contribution in [3.05, 3.63) is 117 Å². The number of nitrogens with zero attached hydrogens (tertiary/aromatic N) is 2. The summed E-state index contributed by atoms with van der Waals surface area (Å²) in [6.07, 6.45) is 7.86. The molecule has 3 aromatic carbocycles. The maximum atomic E-state index is 6.43. The van der Waals surface area contributed by atoms with E-state index in [2.05, 4.69) is 78.3 Å². The van der Waals surface area contributed by atoms with Crippen molar-refractivity contribution in [2.45, 2.75) is 51.4 Å². The van der Waals surface area contributed by atoms with Gasteiger partial charge in [-0.2, -0.15) is 0 Å². The van der Waals surface area contributed by atoms with Crippen molar-refractivity contribution in [3.63, 3.8) is 0 Å². The van der Waals surface area contributed by atoms with E-state index >= 15 is 0 Å². The van der Waals surface area contributed by atoms with E-state index in [9.17, 15) is 0 Å². The topological polar surface area (TPSA) is 27.6 Å². The molecule has 2 aliphatic rings. The lowest BCUT2D eigenvalue weighted by atomic mass is 9.66. The van der Waals surface area contributed by atoms with E-state index in [-0.39, 0.29) is 5.41 Å². The van der Waals surface area contributed by atoms with Crippen molar-refractivity contribution in [3.8, 4) is 0 Å². The number of hydrogen-bond acceptors (Lipinski definition) is 2. The van der Waals surface area contributed by atoms with Crippen LogP contribution in [0.2, 0.25) is 10.0 Å². The van der Waals surface area contributed by atoms with E-state index < -0.39 is 0 Å². The highest BCUT2D eigenvalue weighted by Crippen LogP contribution is 2.48. The van der Waals surface area contributed by atoms with Crippen LogP contribution in [0.1, 0.15) is 61.8 Å². The molecule has 0 aromatic heterocycles. The number of allylic oxidation sites excluding steroid dienone is 2. The lowest BCUT2D eigenvalue weighted by molar-refractivity contribution is 0.231. The fourth-order valence-electron chi connectivity index (χ4n) is 5.93. The van der Waals surface area contributed by atoms with E-state index in [0.29, 0.717) is 10.0 Å². The monoisotopic (exact) mass is 557 g/mol. The van der Waals surface area contributed by atoms with Gasteiger partial charge < -0.3 is 10.2 Å². The van der Waals surface area contributed by atoms with Crippen LogP contribution in [0.5, 0.6) is 0 Å². The van der Waals surface area contributed by atoms with Crippen LogP contribution < -0.4 is 5.32 Å². The molecule has 1 heterocycles. The number of amidine groups is 1. The largest absolute Gasteiger partial charge is 0.344 e. The summed E-state index contributed by atoms with van der Waals surface area (Å²) in [6, 6.07) is 23.2. The zero-order valence-corrected chi connectivity index (χ0v) is 24.5. The van der Waals surface area contributed by atoms with Crippen LogP contribution in [0, 0.1) is 0 Å². The second-order valence-electron chi connectivity index (χ2n) is 10.9. The molecule has 1 atom stereocenters. The summed E-state index contributed by atoms with van der Waals surface area (Å²) in [6.45, 7) is 12.1. The average molecular weight is 559 g/mol. The first-order valence-corrected chi connectivity index (χ1v) is 14.7. The summed E-state index contributed by atoms with van der Waals surface area (Å²) in [5.41, 5.74) is 7.67. The Bertz CT molecular complexity index is 1400. The Morgan fingerprint density at radius 2 is 1.74 bits per heavy atom. The predicted molar refractivity (Wildman–Crippen MR) is 168 cm³/mol. The number of halogens is 2. The maximum absolute atomic E-state index is 6.43. The van der Waals surface area contributed by atoms with E-state index in [1.54, 1.807) is 0 Å². The fourth-order valence-corrected chi connectivity index (χ4v) is 6.23. The number of benzene rings is 3. The summed E-state index contributed by atoms with van der Waals surface area (Å²) < 4.78 is 0. The van der Waals surface area contributed by atoms with Gasteiger partial charge in [0.2, 0.25) is 0 Å². The van der Waals surface area contributed by atoms with Crippen LogP contribution in [0.4, 0.5) is 5.69 Å². The molecular weight excluding hydrogens is 521 g/mol. The lowest BCUT2D eigenvalue weighted by Gasteiger charge is -2.38. The number of rotatable bonds is 7. The molecule has 0 spiro atoms. The highest BCUT2D eigenvalue weighted by molar-refractivity contribution is 6.42. The molecule has 202 valence electrons. The van der Waals surface area contributed by atoms with Gasteiger partial charge in [0, 0.05) is 23.2 Å². The number of nitrogens with one attached hydrogen (secondary N) is 1. The second kappa shape index (κ2) is 12.1. The van der Waals surface area contributed by atoms with Gasteiger partial charge in [-0.25, -0.2) is 4.99 Å². The van der Waals surface area contributed by atoms with Gasteiger partial charge in [-0.15, -0.1) is 0 Å². The Morgan fingerprint density at radius 1 is 1.00 bits per heavy atom. The number of aliphatic imine (C=N–C) groups is 1. The molecule has 1 unspecified atom stereocenters. The first-order chi connectivity index (χ1) is 18.9. The number of anilines is 1. The Labute approximate surface area is 243 Å². The molecule has 3 aromatic rings. The van der Waals surface area contributed by atoms with Gasteiger partial charge in [-0.3, -0.25) is 0 Å². The molecule has 0 radical (unpaired) electrons. The van der Waals surface area contributed by atoms with Crippen molar-refractivity contribution < 1.29 is 0 Å².